The lowest BCUT2D eigenvalue weighted by Crippen LogP contribution is -2.43. The summed E-state index contributed by atoms with van der Waals surface area (Å²) in [7, 11) is 1.49. The smallest absolute Gasteiger partial charge is 0.326 e. The Morgan fingerprint density at radius 3 is 2.66 bits per heavy atom. The van der Waals surface area contributed by atoms with Crippen LogP contribution in [0.5, 0.6) is 5.75 Å². The van der Waals surface area contributed by atoms with Crippen molar-refractivity contribution < 1.29 is 38.1 Å². The van der Waals surface area contributed by atoms with Gasteiger partial charge in [-0.15, -0.1) is 0 Å². The molecular formula is C20H25NO8. The van der Waals surface area contributed by atoms with E-state index in [0.717, 1.165) is 0 Å². The zero-order valence-corrected chi connectivity index (χ0v) is 16.8. The van der Waals surface area contributed by atoms with Crippen molar-refractivity contribution in [1.82, 2.24) is 0 Å². The number of amides is 1. The third-order valence-corrected chi connectivity index (χ3v) is 4.11. The van der Waals surface area contributed by atoms with Crippen molar-refractivity contribution >= 4 is 29.3 Å². The van der Waals surface area contributed by atoms with Crippen molar-refractivity contribution in [3.8, 4) is 5.75 Å². The highest BCUT2D eigenvalue weighted by Gasteiger charge is 2.29. The highest BCUT2D eigenvalue weighted by atomic mass is 16.6. The number of hydrogen-bond donors (Lipinski definition) is 0. The van der Waals surface area contributed by atoms with Gasteiger partial charge in [0.05, 0.1) is 25.3 Å². The average molecular weight is 407 g/mol. The molecule has 0 radical (unpaired) electrons. The summed E-state index contributed by atoms with van der Waals surface area (Å²) >= 11 is 0. The van der Waals surface area contributed by atoms with E-state index in [1.54, 1.807) is 26.0 Å². The maximum Gasteiger partial charge on any atom is 0.326 e. The van der Waals surface area contributed by atoms with Crippen LogP contribution in [0.4, 0.5) is 5.69 Å². The number of carbonyl (C=O) groups excluding carboxylic acids is 4. The number of fused-ring (bicyclic) bond motifs is 1. The van der Waals surface area contributed by atoms with E-state index < -0.39 is 23.9 Å². The van der Waals surface area contributed by atoms with Gasteiger partial charge in [0.1, 0.15) is 18.4 Å². The first kappa shape index (κ1) is 22.4. The van der Waals surface area contributed by atoms with E-state index in [1.165, 1.54) is 18.1 Å². The number of hydrogen-bond acceptors (Lipinski definition) is 8. The van der Waals surface area contributed by atoms with Gasteiger partial charge in [-0.25, -0.2) is 0 Å². The topological polar surface area (TPSA) is 108 Å². The van der Waals surface area contributed by atoms with Gasteiger partial charge < -0.3 is 18.9 Å². The average Bonchev–Trinajstić information content (AvgIpc) is 2.68. The van der Waals surface area contributed by atoms with Crippen LogP contribution in [0.15, 0.2) is 18.2 Å². The second-order valence-corrected chi connectivity index (χ2v) is 6.44. The molecule has 0 N–H and O–H groups in total. The van der Waals surface area contributed by atoms with E-state index in [4.69, 9.17) is 18.9 Å². The van der Waals surface area contributed by atoms with Crippen molar-refractivity contribution in [2.75, 3.05) is 38.4 Å². The van der Waals surface area contributed by atoms with Crippen LogP contribution < -0.4 is 9.64 Å². The summed E-state index contributed by atoms with van der Waals surface area (Å²) in [5.74, 6) is -1.38. The molecule has 0 bridgehead atoms. The van der Waals surface area contributed by atoms with E-state index in [0.29, 0.717) is 17.0 Å². The molecule has 9 nitrogen and oxygen atoms in total. The molecule has 1 aliphatic heterocycles. The van der Waals surface area contributed by atoms with Gasteiger partial charge in [0.25, 0.3) is 5.91 Å². The summed E-state index contributed by atoms with van der Waals surface area (Å²) in [5.41, 5.74) is 0.608. The molecule has 9 heteroatoms. The first-order valence-electron chi connectivity index (χ1n) is 9.30. The van der Waals surface area contributed by atoms with Gasteiger partial charge in [-0.2, -0.15) is 0 Å². The van der Waals surface area contributed by atoms with Crippen molar-refractivity contribution in [3.63, 3.8) is 0 Å². The Hall–Kier alpha value is -2.94. The highest BCUT2D eigenvalue weighted by molar-refractivity contribution is 6.04. The lowest BCUT2D eigenvalue weighted by molar-refractivity contribution is -0.149. The molecule has 1 heterocycles. The summed E-state index contributed by atoms with van der Waals surface area (Å²) in [6.07, 6.45) is -0.519. The van der Waals surface area contributed by atoms with Crippen molar-refractivity contribution in [2.24, 2.45) is 0 Å². The molecule has 1 unspecified atom stereocenters. The second-order valence-electron chi connectivity index (χ2n) is 6.44. The van der Waals surface area contributed by atoms with E-state index in [1.807, 2.05) is 0 Å². The van der Waals surface area contributed by atoms with Crippen molar-refractivity contribution in [3.05, 3.63) is 23.8 Å². The fraction of sp³-hybridized carbons (Fsp3) is 0.500. The molecule has 1 aromatic carbocycles. The van der Waals surface area contributed by atoms with Crippen LogP contribution in [0.2, 0.25) is 0 Å². The maximum absolute atomic E-state index is 12.4. The number of benzene rings is 1. The Labute approximate surface area is 168 Å². The molecule has 158 valence electrons. The monoisotopic (exact) mass is 407 g/mol. The number of ether oxygens (including phenoxy) is 4. The third-order valence-electron chi connectivity index (χ3n) is 4.11. The SMILES string of the molecule is CCOC(=O)CCC(=O)c1ccc2c(c1)N(CC(=O)OC(C)COC)C(=O)CO2. The Bertz CT molecular complexity index is 776. The largest absolute Gasteiger partial charge is 0.482 e. The molecule has 0 aromatic heterocycles. The maximum atomic E-state index is 12.4. The van der Waals surface area contributed by atoms with Crippen LogP contribution in [0.25, 0.3) is 0 Å². The molecule has 2 rings (SSSR count). The van der Waals surface area contributed by atoms with Gasteiger partial charge in [0.2, 0.25) is 0 Å². The summed E-state index contributed by atoms with van der Waals surface area (Å²) in [6.45, 7) is 3.32. The molecule has 29 heavy (non-hydrogen) atoms. The quantitative estimate of drug-likeness (QED) is 0.424. The normalized spacial score (nSPS) is 13.9. The number of anilines is 1. The molecule has 1 aliphatic rings. The van der Waals surface area contributed by atoms with Crippen LogP contribution in [0.1, 0.15) is 37.0 Å². The summed E-state index contributed by atoms with van der Waals surface area (Å²) < 4.78 is 20.3. The molecular weight excluding hydrogens is 382 g/mol. The minimum Gasteiger partial charge on any atom is -0.482 e. The number of rotatable bonds is 10. The van der Waals surface area contributed by atoms with Gasteiger partial charge in [-0.1, -0.05) is 0 Å². The number of carbonyl (C=O) groups is 4. The molecule has 1 atom stereocenters. The fourth-order valence-corrected chi connectivity index (χ4v) is 2.80. The Morgan fingerprint density at radius 1 is 1.21 bits per heavy atom. The lowest BCUT2D eigenvalue weighted by atomic mass is 10.0. The van der Waals surface area contributed by atoms with Gasteiger partial charge in [-0.05, 0) is 32.0 Å². The van der Waals surface area contributed by atoms with E-state index in [2.05, 4.69) is 0 Å². The number of Topliss-reactive ketones (excluding diaryl/α,β-unsaturated/α-hetero) is 1. The zero-order chi connectivity index (χ0) is 21.4. The Kier molecular flexibility index (Phi) is 8.14. The van der Waals surface area contributed by atoms with Gasteiger partial charge in [-0.3, -0.25) is 24.1 Å². The van der Waals surface area contributed by atoms with Gasteiger partial charge in [0, 0.05) is 19.1 Å². The number of ketones is 1. The minimum absolute atomic E-state index is 0.0248. The minimum atomic E-state index is -0.602. The Balaban J connectivity index is 2.12. The van der Waals surface area contributed by atoms with Crippen LogP contribution in [0, 0.1) is 0 Å². The molecule has 0 saturated heterocycles. The van der Waals surface area contributed by atoms with Gasteiger partial charge >= 0.3 is 11.9 Å². The molecule has 1 aromatic rings. The molecule has 1 amide bonds. The number of esters is 2. The highest BCUT2D eigenvalue weighted by Crippen LogP contribution is 2.33. The lowest BCUT2D eigenvalue weighted by Gasteiger charge is -2.29. The molecule has 0 saturated carbocycles. The first-order chi connectivity index (χ1) is 13.8. The summed E-state index contributed by atoms with van der Waals surface area (Å²) in [4.78, 5) is 49.6. The summed E-state index contributed by atoms with van der Waals surface area (Å²) in [6, 6.07) is 4.59. The predicted octanol–water partition coefficient (Wildman–Crippen LogP) is 1.52. The second kappa shape index (κ2) is 10.6. The van der Waals surface area contributed by atoms with E-state index in [9.17, 15) is 19.2 Å². The third kappa shape index (κ3) is 6.28. The molecule has 0 fully saturated rings. The number of nitrogens with zero attached hydrogens (tertiary/aromatic N) is 1. The van der Waals surface area contributed by atoms with Crippen LogP contribution in [-0.2, 0) is 28.6 Å². The predicted molar refractivity (Wildman–Crippen MR) is 102 cm³/mol. The van der Waals surface area contributed by atoms with Gasteiger partial charge in [0.15, 0.2) is 12.4 Å². The standard InChI is InChI=1S/C20H25NO8/c1-4-27-19(24)8-6-16(22)14-5-7-17-15(9-14)21(18(23)12-28-17)10-20(25)29-13(2)11-26-3/h5,7,9,13H,4,6,8,10-12H2,1-3H3. The van der Waals surface area contributed by atoms with Crippen LogP contribution in [-0.4, -0.2) is 63.2 Å². The fourth-order valence-electron chi connectivity index (χ4n) is 2.80. The summed E-state index contributed by atoms with van der Waals surface area (Å²) in [5, 5.41) is 0. The van der Waals surface area contributed by atoms with E-state index in [-0.39, 0.29) is 45.0 Å². The molecule has 0 spiro atoms. The van der Waals surface area contributed by atoms with Crippen LogP contribution >= 0.6 is 0 Å². The Morgan fingerprint density at radius 2 is 1.97 bits per heavy atom. The zero-order valence-electron chi connectivity index (χ0n) is 16.8. The van der Waals surface area contributed by atoms with Crippen molar-refractivity contribution in [1.29, 1.82) is 0 Å². The van der Waals surface area contributed by atoms with Crippen LogP contribution in [0.3, 0.4) is 0 Å². The number of methoxy groups -OCH3 is 1. The van der Waals surface area contributed by atoms with E-state index >= 15 is 0 Å². The first-order valence-corrected chi connectivity index (χ1v) is 9.30. The van der Waals surface area contributed by atoms with Crippen molar-refractivity contribution in [2.45, 2.75) is 32.8 Å². The molecule has 0 aliphatic carbocycles.